The van der Waals surface area contributed by atoms with Gasteiger partial charge in [0.1, 0.15) is 5.82 Å². The number of hydrogen-bond donors (Lipinski definition) is 1. The Morgan fingerprint density at radius 1 is 1.56 bits per heavy atom. The van der Waals surface area contributed by atoms with Crippen molar-refractivity contribution in [2.45, 2.75) is 6.10 Å². The minimum atomic E-state index is -0.476. The molecule has 1 atom stereocenters. The molecule has 0 aliphatic carbocycles. The van der Waals surface area contributed by atoms with Crippen LogP contribution < -0.4 is 10.6 Å². The number of halogens is 1. The summed E-state index contributed by atoms with van der Waals surface area (Å²) < 4.78 is 18.3. The van der Waals surface area contributed by atoms with Gasteiger partial charge in [-0.1, -0.05) is 0 Å². The molecule has 5 heteroatoms. The lowest BCUT2D eigenvalue weighted by Gasteiger charge is -2.32. The van der Waals surface area contributed by atoms with Crippen LogP contribution >= 0.6 is 0 Å². The van der Waals surface area contributed by atoms with Crippen molar-refractivity contribution >= 4 is 11.4 Å². The van der Waals surface area contributed by atoms with E-state index in [1.807, 2.05) is 11.0 Å². The van der Waals surface area contributed by atoms with Gasteiger partial charge in [-0.05, 0) is 18.2 Å². The summed E-state index contributed by atoms with van der Waals surface area (Å²) in [5.41, 5.74) is 6.92. The molecule has 1 aromatic rings. The first kappa shape index (κ1) is 10.7. The molecule has 1 aromatic carbocycles. The molecule has 0 saturated carbocycles. The van der Waals surface area contributed by atoms with Crippen molar-refractivity contribution in [1.82, 2.24) is 0 Å². The predicted molar refractivity (Wildman–Crippen MR) is 58.4 cm³/mol. The number of anilines is 2. The van der Waals surface area contributed by atoms with Crippen LogP contribution in [0, 0.1) is 17.1 Å². The lowest BCUT2D eigenvalue weighted by molar-refractivity contribution is 0.0765. The summed E-state index contributed by atoms with van der Waals surface area (Å²) in [5, 5.41) is 8.77. The monoisotopic (exact) mass is 221 g/mol. The number of ether oxygens (including phenoxy) is 1. The van der Waals surface area contributed by atoms with Crippen LogP contribution in [0.5, 0.6) is 0 Å². The molecule has 0 radical (unpaired) electrons. The highest BCUT2D eigenvalue weighted by atomic mass is 19.1. The van der Waals surface area contributed by atoms with Crippen LogP contribution in [0.2, 0.25) is 0 Å². The number of nitrogens with zero attached hydrogens (tertiary/aromatic N) is 2. The van der Waals surface area contributed by atoms with E-state index in [0.29, 0.717) is 31.1 Å². The van der Waals surface area contributed by atoms with Crippen molar-refractivity contribution < 1.29 is 9.13 Å². The van der Waals surface area contributed by atoms with Gasteiger partial charge in [-0.15, -0.1) is 0 Å². The van der Waals surface area contributed by atoms with Crippen LogP contribution in [-0.2, 0) is 4.74 Å². The maximum Gasteiger partial charge on any atom is 0.161 e. The average Bonchev–Trinajstić information content (AvgIpc) is 2.32. The van der Waals surface area contributed by atoms with Crippen LogP contribution in [0.4, 0.5) is 15.8 Å². The van der Waals surface area contributed by atoms with E-state index < -0.39 is 6.10 Å². The Morgan fingerprint density at radius 3 is 3.12 bits per heavy atom. The molecule has 1 unspecified atom stereocenters. The van der Waals surface area contributed by atoms with Crippen LogP contribution in [-0.4, -0.2) is 25.8 Å². The van der Waals surface area contributed by atoms with Crippen molar-refractivity contribution in [3.63, 3.8) is 0 Å². The van der Waals surface area contributed by atoms with Gasteiger partial charge in [0.25, 0.3) is 0 Å². The lowest BCUT2D eigenvalue weighted by Crippen LogP contribution is -2.42. The number of nitriles is 1. The number of nitrogen functional groups attached to an aromatic ring is 1. The van der Waals surface area contributed by atoms with Crippen molar-refractivity contribution in [2.75, 3.05) is 30.3 Å². The molecule has 0 amide bonds. The normalized spacial score (nSPS) is 20.5. The Bertz CT molecular complexity index is 430. The van der Waals surface area contributed by atoms with E-state index in [4.69, 9.17) is 15.7 Å². The fourth-order valence-corrected chi connectivity index (χ4v) is 1.74. The zero-order valence-electron chi connectivity index (χ0n) is 8.69. The Kier molecular flexibility index (Phi) is 2.93. The van der Waals surface area contributed by atoms with E-state index in [1.54, 1.807) is 0 Å². The summed E-state index contributed by atoms with van der Waals surface area (Å²) >= 11 is 0. The van der Waals surface area contributed by atoms with E-state index in [-0.39, 0.29) is 5.82 Å². The van der Waals surface area contributed by atoms with Crippen LogP contribution in [0.15, 0.2) is 18.2 Å². The summed E-state index contributed by atoms with van der Waals surface area (Å²) in [6, 6.07) is 6.27. The van der Waals surface area contributed by atoms with Crippen LogP contribution in [0.25, 0.3) is 0 Å². The minimum Gasteiger partial charge on any atom is -0.397 e. The minimum absolute atomic E-state index is 0.329. The summed E-state index contributed by atoms with van der Waals surface area (Å²) in [7, 11) is 0. The lowest BCUT2D eigenvalue weighted by atomic mass is 10.2. The van der Waals surface area contributed by atoms with Crippen molar-refractivity contribution in [1.29, 1.82) is 5.26 Å². The van der Waals surface area contributed by atoms with Crippen LogP contribution in [0.1, 0.15) is 0 Å². The summed E-state index contributed by atoms with van der Waals surface area (Å²) in [6.45, 7) is 1.49. The highest BCUT2D eigenvalue weighted by Gasteiger charge is 2.21. The van der Waals surface area contributed by atoms with Crippen molar-refractivity contribution in [3.8, 4) is 6.07 Å². The molecule has 1 saturated heterocycles. The third kappa shape index (κ3) is 2.07. The van der Waals surface area contributed by atoms with Gasteiger partial charge in [0.05, 0.1) is 30.6 Å². The molecule has 2 N–H and O–H groups in total. The number of nitrogens with two attached hydrogens (primary N) is 1. The van der Waals surface area contributed by atoms with Gasteiger partial charge in [-0.3, -0.25) is 0 Å². The standard InChI is InChI=1S/C11H12FN3O/c12-8-1-2-10(14)11(5-8)15-3-4-16-9(6-13)7-15/h1-2,5,9H,3-4,7,14H2. The van der Waals surface area contributed by atoms with Gasteiger partial charge in [0, 0.05) is 6.54 Å². The largest absolute Gasteiger partial charge is 0.397 e. The summed E-state index contributed by atoms with van der Waals surface area (Å²) in [4.78, 5) is 1.87. The molecule has 4 nitrogen and oxygen atoms in total. The maximum absolute atomic E-state index is 13.1. The molecule has 1 heterocycles. The third-order valence-corrected chi connectivity index (χ3v) is 2.54. The quantitative estimate of drug-likeness (QED) is 0.722. The van der Waals surface area contributed by atoms with Gasteiger partial charge >= 0.3 is 0 Å². The number of benzene rings is 1. The molecule has 1 aliphatic rings. The molecule has 1 fully saturated rings. The molecule has 2 rings (SSSR count). The zero-order chi connectivity index (χ0) is 11.5. The third-order valence-electron chi connectivity index (χ3n) is 2.54. The van der Waals surface area contributed by atoms with E-state index in [1.165, 1.54) is 18.2 Å². The van der Waals surface area contributed by atoms with E-state index >= 15 is 0 Å². The van der Waals surface area contributed by atoms with Crippen LogP contribution in [0.3, 0.4) is 0 Å². The molecule has 16 heavy (non-hydrogen) atoms. The second-order valence-corrected chi connectivity index (χ2v) is 3.64. The van der Waals surface area contributed by atoms with Gasteiger partial charge < -0.3 is 15.4 Å². The molecule has 0 bridgehead atoms. The predicted octanol–water partition coefficient (Wildman–Crippen LogP) is 1.14. The number of rotatable bonds is 1. The molecule has 1 aliphatic heterocycles. The summed E-state index contributed by atoms with van der Waals surface area (Å²) in [5.74, 6) is -0.329. The van der Waals surface area contributed by atoms with Gasteiger partial charge in [-0.2, -0.15) is 5.26 Å². The average molecular weight is 221 g/mol. The van der Waals surface area contributed by atoms with E-state index in [2.05, 4.69) is 0 Å². The zero-order valence-corrected chi connectivity index (χ0v) is 8.69. The molecule has 0 aromatic heterocycles. The maximum atomic E-state index is 13.1. The van der Waals surface area contributed by atoms with Crippen molar-refractivity contribution in [2.24, 2.45) is 0 Å². The molecular formula is C11H12FN3O. The second-order valence-electron chi connectivity index (χ2n) is 3.64. The second kappa shape index (κ2) is 4.37. The molecule has 0 spiro atoms. The first-order valence-corrected chi connectivity index (χ1v) is 5.02. The molecular weight excluding hydrogens is 209 g/mol. The smallest absolute Gasteiger partial charge is 0.161 e. The Hall–Kier alpha value is -1.80. The Balaban J connectivity index is 2.23. The van der Waals surface area contributed by atoms with E-state index in [9.17, 15) is 4.39 Å². The van der Waals surface area contributed by atoms with Gasteiger partial charge in [-0.25, -0.2) is 4.39 Å². The number of hydrogen-bond acceptors (Lipinski definition) is 4. The Morgan fingerprint density at radius 2 is 2.38 bits per heavy atom. The van der Waals surface area contributed by atoms with Gasteiger partial charge in [0.15, 0.2) is 6.10 Å². The Labute approximate surface area is 93.0 Å². The number of morpholine rings is 1. The van der Waals surface area contributed by atoms with E-state index in [0.717, 1.165) is 0 Å². The highest BCUT2D eigenvalue weighted by molar-refractivity contribution is 5.67. The van der Waals surface area contributed by atoms with Gasteiger partial charge in [0.2, 0.25) is 0 Å². The highest BCUT2D eigenvalue weighted by Crippen LogP contribution is 2.25. The fraction of sp³-hybridized carbons (Fsp3) is 0.364. The first-order chi connectivity index (χ1) is 7.70. The first-order valence-electron chi connectivity index (χ1n) is 5.02. The molecule has 84 valence electrons. The topological polar surface area (TPSA) is 62.3 Å². The van der Waals surface area contributed by atoms with Crippen molar-refractivity contribution in [3.05, 3.63) is 24.0 Å². The fourth-order valence-electron chi connectivity index (χ4n) is 1.74. The SMILES string of the molecule is N#CC1CN(c2cc(F)ccc2N)CCO1. The summed E-state index contributed by atoms with van der Waals surface area (Å²) in [6.07, 6.45) is -0.476.